The maximum atomic E-state index is 9.66. The molecule has 0 radical (unpaired) electrons. The fourth-order valence-corrected chi connectivity index (χ4v) is 2.56. The van der Waals surface area contributed by atoms with Crippen molar-refractivity contribution in [3.8, 4) is 0 Å². The molecule has 18 heavy (non-hydrogen) atoms. The summed E-state index contributed by atoms with van der Waals surface area (Å²) >= 11 is 1.47. The minimum absolute atomic E-state index is 0.0771. The maximum Gasteiger partial charge on any atom is 0.189 e. The molecule has 1 aromatic heterocycles. The molecule has 0 bridgehead atoms. The van der Waals surface area contributed by atoms with Gasteiger partial charge in [-0.1, -0.05) is 11.8 Å². The van der Waals surface area contributed by atoms with Crippen molar-refractivity contribution in [2.24, 2.45) is 0 Å². The normalized spacial score (nSPS) is 23.9. The first kappa shape index (κ1) is 13.6. The molecule has 1 saturated carbocycles. The standard InChI is InChI=1S/C12H19N3O2S/c1-18-12-13-6-8(7-16)11(15-12)14-9-3-2-4-10(17)5-9/h6,9-10,16-17H,2-5,7H2,1H3,(H,13,14,15)/t9-,10-/m1/s1. The average molecular weight is 269 g/mol. The number of hydrogen-bond donors (Lipinski definition) is 3. The second kappa shape index (κ2) is 6.36. The fraction of sp³-hybridized carbons (Fsp3) is 0.667. The summed E-state index contributed by atoms with van der Waals surface area (Å²) in [5.74, 6) is 0.691. The third-order valence-corrected chi connectivity index (χ3v) is 3.74. The van der Waals surface area contributed by atoms with E-state index in [-0.39, 0.29) is 18.8 Å². The predicted octanol–water partition coefficient (Wildman–Crippen LogP) is 1.41. The molecule has 2 atom stereocenters. The van der Waals surface area contributed by atoms with E-state index >= 15 is 0 Å². The van der Waals surface area contributed by atoms with E-state index in [4.69, 9.17) is 0 Å². The molecule has 0 saturated heterocycles. The molecule has 1 fully saturated rings. The van der Waals surface area contributed by atoms with Crippen LogP contribution in [0.2, 0.25) is 0 Å². The summed E-state index contributed by atoms with van der Waals surface area (Å²) in [6.07, 6.45) is 7.02. The van der Waals surface area contributed by atoms with E-state index in [1.165, 1.54) is 11.8 Å². The van der Waals surface area contributed by atoms with E-state index in [1.807, 2.05) is 6.26 Å². The highest BCUT2D eigenvalue weighted by Gasteiger charge is 2.21. The zero-order valence-electron chi connectivity index (χ0n) is 10.5. The van der Waals surface area contributed by atoms with Gasteiger partial charge in [-0.15, -0.1) is 0 Å². The van der Waals surface area contributed by atoms with Crippen LogP contribution in [0.3, 0.4) is 0 Å². The zero-order chi connectivity index (χ0) is 13.0. The molecule has 0 amide bonds. The number of aliphatic hydroxyl groups excluding tert-OH is 2. The zero-order valence-corrected chi connectivity index (χ0v) is 11.3. The van der Waals surface area contributed by atoms with Crippen LogP contribution < -0.4 is 5.32 Å². The lowest BCUT2D eigenvalue weighted by atomic mass is 9.93. The summed E-state index contributed by atoms with van der Waals surface area (Å²) < 4.78 is 0. The Morgan fingerprint density at radius 2 is 2.33 bits per heavy atom. The van der Waals surface area contributed by atoms with Gasteiger partial charge in [-0.25, -0.2) is 9.97 Å². The molecule has 0 spiro atoms. The van der Waals surface area contributed by atoms with Crippen LogP contribution in [0.25, 0.3) is 0 Å². The molecule has 0 aliphatic heterocycles. The van der Waals surface area contributed by atoms with Crippen LogP contribution in [0.1, 0.15) is 31.2 Å². The van der Waals surface area contributed by atoms with Crippen LogP contribution in [0.15, 0.2) is 11.4 Å². The third kappa shape index (κ3) is 3.34. The van der Waals surface area contributed by atoms with Gasteiger partial charge in [-0.2, -0.15) is 0 Å². The molecule has 0 aromatic carbocycles. The number of aromatic nitrogens is 2. The molecule has 1 aliphatic rings. The SMILES string of the molecule is CSc1ncc(CO)c(N[C@@H]2CCC[C@@H](O)C2)n1. The van der Waals surface area contributed by atoms with Gasteiger partial charge in [0.25, 0.3) is 0 Å². The Balaban J connectivity index is 2.11. The first-order valence-electron chi connectivity index (χ1n) is 6.18. The average Bonchev–Trinajstić information content (AvgIpc) is 2.38. The lowest BCUT2D eigenvalue weighted by molar-refractivity contribution is 0.124. The smallest absolute Gasteiger partial charge is 0.189 e. The number of hydrogen-bond acceptors (Lipinski definition) is 6. The Labute approximate surface area is 111 Å². The van der Waals surface area contributed by atoms with E-state index in [0.29, 0.717) is 16.5 Å². The summed E-state index contributed by atoms with van der Waals surface area (Å²) in [6.45, 7) is -0.0771. The second-order valence-corrected chi connectivity index (χ2v) is 5.32. The Bertz CT molecular complexity index is 403. The van der Waals surface area contributed by atoms with Crippen molar-refractivity contribution in [1.82, 2.24) is 9.97 Å². The predicted molar refractivity (Wildman–Crippen MR) is 71.6 cm³/mol. The molecule has 1 aromatic rings. The minimum atomic E-state index is -0.226. The molecular formula is C12H19N3O2S. The second-order valence-electron chi connectivity index (χ2n) is 4.55. The van der Waals surface area contributed by atoms with Gasteiger partial charge in [0.2, 0.25) is 0 Å². The van der Waals surface area contributed by atoms with Crippen molar-refractivity contribution in [3.05, 3.63) is 11.8 Å². The molecule has 2 rings (SSSR count). The summed E-state index contributed by atoms with van der Waals surface area (Å²) in [7, 11) is 0. The molecule has 5 nitrogen and oxygen atoms in total. The summed E-state index contributed by atoms with van der Waals surface area (Å²) in [5.41, 5.74) is 0.702. The molecule has 3 N–H and O–H groups in total. The lowest BCUT2D eigenvalue weighted by Gasteiger charge is -2.27. The number of nitrogens with one attached hydrogen (secondary N) is 1. The van der Waals surface area contributed by atoms with Gasteiger partial charge in [-0.05, 0) is 31.9 Å². The van der Waals surface area contributed by atoms with Gasteiger partial charge >= 0.3 is 0 Å². The molecular weight excluding hydrogens is 250 g/mol. The fourth-order valence-electron chi connectivity index (χ4n) is 2.22. The molecule has 1 heterocycles. The number of anilines is 1. The molecule has 0 unspecified atom stereocenters. The van der Waals surface area contributed by atoms with Crippen molar-refractivity contribution in [2.75, 3.05) is 11.6 Å². The lowest BCUT2D eigenvalue weighted by Crippen LogP contribution is -2.30. The van der Waals surface area contributed by atoms with Crippen molar-refractivity contribution >= 4 is 17.6 Å². The van der Waals surface area contributed by atoms with Crippen molar-refractivity contribution in [1.29, 1.82) is 0 Å². The summed E-state index contributed by atoms with van der Waals surface area (Å²) in [4.78, 5) is 8.52. The Morgan fingerprint density at radius 3 is 3.00 bits per heavy atom. The highest BCUT2D eigenvalue weighted by atomic mass is 32.2. The Kier molecular flexibility index (Phi) is 4.79. The van der Waals surface area contributed by atoms with E-state index < -0.39 is 0 Å². The number of rotatable bonds is 4. The van der Waals surface area contributed by atoms with E-state index in [2.05, 4.69) is 15.3 Å². The van der Waals surface area contributed by atoms with Gasteiger partial charge in [0.15, 0.2) is 5.16 Å². The quantitative estimate of drug-likeness (QED) is 0.566. The first-order valence-corrected chi connectivity index (χ1v) is 7.40. The van der Waals surface area contributed by atoms with E-state index in [1.54, 1.807) is 6.20 Å². The highest BCUT2D eigenvalue weighted by Crippen LogP contribution is 2.24. The number of aliphatic hydroxyl groups is 2. The third-order valence-electron chi connectivity index (χ3n) is 3.18. The van der Waals surface area contributed by atoms with Gasteiger partial charge in [0.1, 0.15) is 5.82 Å². The maximum absolute atomic E-state index is 9.66. The summed E-state index contributed by atoms with van der Waals surface area (Å²) in [5, 5.41) is 23.0. The number of thioether (sulfide) groups is 1. The van der Waals surface area contributed by atoms with Crippen molar-refractivity contribution < 1.29 is 10.2 Å². The van der Waals surface area contributed by atoms with Crippen LogP contribution in [0.5, 0.6) is 0 Å². The van der Waals surface area contributed by atoms with Crippen LogP contribution in [0.4, 0.5) is 5.82 Å². The molecule has 1 aliphatic carbocycles. The van der Waals surface area contributed by atoms with Gasteiger partial charge in [-0.3, -0.25) is 0 Å². The molecule has 6 heteroatoms. The van der Waals surface area contributed by atoms with Crippen molar-refractivity contribution in [3.63, 3.8) is 0 Å². The summed E-state index contributed by atoms with van der Waals surface area (Å²) in [6, 6.07) is 0.226. The first-order chi connectivity index (χ1) is 8.72. The van der Waals surface area contributed by atoms with Crippen LogP contribution in [-0.2, 0) is 6.61 Å². The van der Waals surface area contributed by atoms with Gasteiger partial charge in [0, 0.05) is 17.8 Å². The Morgan fingerprint density at radius 1 is 1.50 bits per heavy atom. The van der Waals surface area contributed by atoms with Gasteiger partial charge < -0.3 is 15.5 Å². The topological polar surface area (TPSA) is 78.3 Å². The van der Waals surface area contributed by atoms with Gasteiger partial charge in [0.05, 0.1) is 12.7 Å². The van der Waals surface area contributed by atoms with Crippen LogP contribution in [0, 0.1) is 0 Å². The van der Waals surface area contributed by atoms with Crippen molar-refractivity contribution in [2.45, 2.75) is 49.6 Å². The van der Waals surface area contributed by atoms with E-state index in [0.717, 1.165) is 25.7 Å². The minimum Gasteiger partial charge on any atom is -0.393 e. The Hall–Kier alpha value is -0.850. The monoisotopic (exact) mass is 269 g/mol. The van der Waals surface area contributed by atoms with Crippen LogP contribution >= 0.6 is 11.8 Å². The van der Waals surface area contributed by atoms with E-state index in [9.17, 15) is 10.2 Å². The largest absolute Gasteiger partial charge is 0.393 e. The highest BCUT2D eigenvalue weighted by molar-refractivity contribution is 7.98. The number of nitrogens with zero attached hydrogens (tertiary/aromatic N) is 2. The van der Waals surface area contributed by atoms with Crippen LogP contribution in [-0.4, -0.2) is 38.6 Å². The molecule has 100 valence electrons.